The zero-order valence-corrected chi connectivity index (χ0v) is 19.2. The maximum absolute atomic E-state index is 9.61. The molecule has 1 fully saturated rings. The van der Waals surface area contributed by atoms with Crippen LogP contribution in [0.25, 0.3) is 0 Å². The minimum absolute atomic E-state index is 0.416. The normalized spacial score (nSPS) is 18.5. The number of unbranched alkanes of at least 4 members (excludes halogenated alkanes) is 4. The lowest BCUT2D eigenvalue weighted by Crippen LogP contribution is -2.15. The molecule has 1 saturated carbocycles. The van der Waals surface area contributed by atoms with Gasteiger partial charge in [-0.3, -0.25) is 0 Å². The molecule has 3 nitrogen and oxygen atoms in total. The predicted octanol–water partition coefficient (Wildman–Crippen LogP) is 7.71. The van der Waals surface area contributed by atoms with Crippen molar-refractivity contribution >= 4 is 0 Å². The average Bonchev–Trinajstić information content (AvgIpc) is 2.78. The number of nitriles is 2. The Hall–Kier alpha value is -2.00. The second-order valence-electron chi connectivity index (χ2n) is 9.03. The highest BCUT2D eigenvalue weighted by molar-refractivity contribution is 5.57. The first-order valence-electron chi connectivity index (χ1n) is 12.3. The van der Waals surface area contributed by atoms with Crippen LogP contribution in [-0.2, 0) is 6.42 Å². The molecule has 0 spiro atoms. The lowest BCUT2D eigenvalue weighted by Gasteiger charge is -2.28. The van der Waals surface area contributed by atoms with Crippen LogP contribution in [0.1, 0.15) is 114 Å². The minimum atomic E-state index is 0.416. The van der Waals surface area contributed by atoms with E-state index in [1.165, 1.54) is 57.8 Å². The van der Waals surface area contributed by atoms with Crippen LogP contribution in [0, 0.1) is 34.5 Å². The quantitative estimate of drug-likeness (QED) is 0.314. The van der Waals surface area contributed by atoms with Gasteiger partial charge in [-0.2, -0.15) is 10.5 Å². The Kier molecular flexibility index (Phi) is 11.4. The number of benzene rings is 1. The first kappa shape index (κ1) is 24.3. The van der Waals surface area contributed by atoms with Crippen LogP contribution in [0.15, 0.2) is 12.1 Å². The van der Waals surface area contributed by atoms with Crippen LogP contribution in [0.2, 0.25) is 0 Å². The van der Waals surface area contributed by atoms with Crippen LogP contribution >= 0.6 is 0 Å². The molecule has 1 aliphatic carbocycles. The van der Waals surface area contributed by atoms with Crippen molar-refractivity contribution in [1.82, 2.24) is 0 Å². The molecule has 0 atom stereocenters. The third kappa shape index (κ3) is 7.68. The summed E-state index contributed by atoms with van der Waals surface area (Å²) in [6.45, 7) is 5.08. The molecule has 1 aromatic rings. The summed E-state index contributed by atoms with van der Waals surface area (Å²) in [4.78, 5) is 0. The molecule has 3 heteroatoms. The summed E-state index contributed by atoms with van der Waals surface area (Å²) in [6, 6.07) is 8.33. The fourth-order valence-corrected chi connectivity index (χ4v) is 4.81. The summed E-state index contributed by atoms with van der Waals surface area (Å²) in [5.41, 5.74) is 1.90. The van der Waals surface area contributed by atoms with Gasteiger partial charge in [-0.25, -0.2) is 0 Å². The van der Waals surface area contributed by atoms with Gasteiger partial charge in [0, 0.05) is 0 Å². The van der Waals surface area contributed by atoms with E-state index in [0.717, 1.165) is 49.5 Å². The van der Waals surface area contributed by atoms with E-state index in [2.05, 4.69) is 26.0 Å². The van der Waals surface area contributed by atoms with E-state index < -0.39 is 0 Å². The maximum Gasteiger partial charge on any atom is 0.138 e. The second-order valence-corrected chi connectivity index (χ2v) is 9.03. The molecule has 1 aromatic carbocycles. The Morgan fingerprint density at radius 3 is 2.00 bits per heavy atom. The second kappa shape index (κ2) is 14.1. The zero-order valence-electron chi connectivity index (χ0n) is 19.2. The summed E-state index contributed by atoms with van der Waals surface area (Å²) in [6.07, 6.45) is 17.5. The first-order valence-corrected chi connectivity index (χ1v) is 12.3. The van der Waals surface area contributed by atoms with Crippen molar-refractivity contribution in [2.24, 2.45) is 11.8 Å². The lowest BCUT2D eigenvalue weighted by atomic mass is 9.78. The summed E-state index contributed by atoms with van der Waals surface area (Å²) >= 11 is 0. The van der Waals surface area contributed by atoms with Gasteiger partial charge >= 0.3 is 0 Å². The van der Waals surface area contributed by atoms with Crippen LogP contribution < -0.4 is 4.74 Å². The number of aryl methyl sites for hydroxylation is 1. The monoisotopic (exact) mass is 408 g/mol. The third-order valence-electron chi connectivity index (χ3n) is 6.72. The van der Waals surface area contributed by atoms with Crippen molar-refractivity contribution in [3.63, 3.8) is 0 Å². The Balaban J connectivity index is 1.77. The molecule has 1 aliphatic rings. The van der Waals surface area contributed by atoms with E-state index in [-0.39, 0.29) is 0 Å². The number of nitrogens with zero attached hydrogens (tertiary/aromatic N) is 2. The molecule has 2 rings (SSSR count). The van der Waals surface area contributed by atoms with Crippen LogP contribution in [0.5, 0.6) is 5.75 Å². The average molecular weight is 409 g/mol. The molecule has 0 aromatic heterocycles. The molecule has 0 radical (unpaired) electrons. The zero-order chi connectivity index (χ0) is 21.6. The van der Waals surface area contributed by atoms with Gasteiger partial charge in [-0.05, 0) is 49.1 Å². The Bertz CT molecular complexity index is 705. The topological polar surface area (TPSA) is 56.8 Å². The highest BCUT2D eigenvalue weighted by Crippen LogP contribution is 2.34. The van der Waals surface area contributed by atoms with E-state index in [1.807, 2.05) is 12.1 Å². The molecule has 164 valence electrons. The molecule has 30 heavy (non-hydrogen) atoms. The number of hydrogen-bond donors (Lipinski definition) is 0. The Morgan fingerprint density at radius 1 is 0.800 bits per heavy atom. The number of ether oxygens (including phenoxy) is 1. The summed E-state index contributed by atoms with van der Waals surface area (Å²) in [5, 5.41) is 19.2. The van der Waals surface area contributed by atoms with E-state index in [9.17, 15) is 10.5 Å². The van der Waals surface area contributed by atoms with Crippen molar-refractivity contribution < 1.29 is 4.74 Å². The molecule has 0 amide bonds. The molecular formula is C27H40N2O. The largest absolute Gasteiger partial charge is 0.492 e. The highest BCUT2D eigenvalue weighted by Gasteiger charge is 2.20. The van der Waals surface area contributed by atoms with Crippen molar-refractivity contribution in [3.05, 3.63) is 28.8 Å². The van der Waals surface area contributed by atoms with E-state index >= 15 is 0 Å². The van der Waals surface area contributed by atoms with Gasteiger partial charge in [0.1, 0.15) is 23.5 Å². The van der Waals surface area contributed by atoms with E-state index in [0.29, 0.717) is 23.5 Å². The Labute approximate surface area is 184 Å². The molecule has 0 aliphatic heterocycles. The van der Waals surface area contributed by atoms with Gasteiger partial charge in [0.15, 0.2) is 0 Å². The third-order valence-corrected chi connectivity index (χ3v) is 6.72. The van der Waals surface area contributed by atoms with E-state index in [4.69, 9.17) is 4.74 Å². The number of hydrogen-bond acceptors (Lipinski definition) is 3. The van der Waals surface area contributed by atoms with Crippen molar-refractivity contribution in [2.75, 3.05) is 6.61 Å². The molecular weight excluding hydrogens is 368 g/mol. The van der Waals surface area contributed by atoms with Crippen molar-refractivity contribution in [1.29, 1.82) is 10.5 Å². The number of rotatable bonds is 13. The predicted molar refractivity (Wildman–Crippen MR) is 123 cm³/mol. The molecule has 0 unspecified atom stereocenters. The minimum Gasteiger partial charge on any atom is -0.492 e. The van der Waals surface area contributed by atoms with Gasteiger partial charge in [0.05, 0.1) is 12.2 Å². The molecule has 0 N–H and O–H groups in total. The summed E-state index contributed by atoms with van der Waals surface area (Å²) < 4.78 is 5.96. The van der Waals surface area contributed by atoms with Crippen molar-refractivity contribution in [3.8, 4) is 17.9 Å². The van der Waals surface area contributed by atoms with E-state index in [1.54, 1.807) is 0 Å². The van der Waals surface area contributed by atoms with Gasteiger partial charge in [-0.15, -0.1) is 0 Å². The highest BCUT2D eigenvalue weighted by atomic mass is 16.5. The lowest BCUT2D eigenvalue weighted by molar-refractivity contribution is 0.228. The SMILES string of the molecule is CCCCCc1ccc(OCCCC2CCC(CCCCC)CC2)c(C#N)c1C#N. The van der Waals surface area contributed by atoms with Crippen molar-refractivity contribution in [2.45, 2.75) is 104 Å². The molecule has 0 saturated heterocycles. The maximum atomic E-state index is 9.61. The fraction of sp³-hybridized carbons (Fsp3) is 0.704. The van der Waals surface area contributed by atoms with Gasteiger partial charge < -0.3 is 4.74 Å². The van der Waals surface area contributed by atoms with Gasteiger partial charge in [-0.1, -0.05) is 84.1 Å². The Morgan fingerprint density at radius 2 is 1.40 bits per heavy atom. The summed E-state index contributed by atoms with van der Waals surface area (Å²) in [5.74, 6) is 2.37. The summed E-state index contributed by atoms with van der Waals surface area (Å²) in [7, 11) is 0. The molecule has 0 bridgehead atoms. The van der Waals surface area contributed by atoms with Crippen LogP contribution in [0.4, 0.5) is 0 Å². The first-order chi connectivity index (χ1) is 14.7. The molecule has 0 heterocycles. The van der Waals surface area contributed by atoms with Crippen LogP contribution in [-0.4, -0.2) is 6.61 Å². The van der Waals surface area contributed by atoms with Gasteiger partial charge in [0.2, 0.25) is 0 Å². The van der Waals surface area contributed by atoms with Gasteiger partial charge in [0.25, 0.3) is 0 Å². The standard InChI is InChI=1S/C27H40N2O/c1-3-5-7-10-22-13-15-23(16-14-22)11-9-19-30-27-18-17-24(12-8-6-4-2)25(20-28)26(27)21-29/h17-18,22-23H,3-16,19H2,1-2H3. The smallest absolute Gasteiger partial charge is 0.138 e. The van der Waals surface area contributed by atoms with Crippen LogP contribution in [0.3, 0.4) is 0 Å². The fourth-order valence-electron chi connectivity index (χ4n) is 4.81.